The number of carbonyl (C=O) groups is 2. The number of benzene rings is 2. The van der Waals surface area contributed by atoms with Crippen LogP contribution in [-0.2, 0) is 32.0 Å². The van der Waals surface area contributed by atoms with Gasteiger partial charge in [-0.3, -0.25) is 24.4 Å². The molecule has 0 bridgehead atoms. The normalized spacial score (nSPS) is 20.1. The maximum Gasteiger partial charge on any atom is 0.311 e. The van der Waals surface area contributed by atoms with Gasteiger partial charge in [-0.15, -0.1) is 16.9 Å². The highest BCUT2D eigenvalue weighted by molar-refractivity contribution is 8.08. The van der Waals surface area contributed by atoms with Gasteiger partial charge in [-0.25, -0.2) is 0 Å². The van der Waals surface area contributed by atoms with Crippen LogP contribution in [0.3, 0.4) is 0 Å². The highest BCUT2D eigenvalue weighted by Gasteiger charge is 2.45. The summed E-state index contributed by atoms with van der Waals surface area (Å²) >= 11 is 1.58. The number of nitro groups is 1. The van der Waals surface area contributed by atoms with Gasteiger partial charge in [0.1, 0.15) is 30.5 Å². The second-order valence-corrected chi connectivity index (χ2v) is 18.5. The molecule has 6 atom stereocenters. The van der Waals surface area contributed by atoms with E-state index in [1.54, 1.807) is 48.6 Å². The standard InChI is InChI=1S/C43H58N6O12S/c1-25(2)40(55)59-33(29-13-14-32(31(21-29)49(56)57)60-41-38(53)37(52)36(51)34(24-50)61-41)22-30-23-48(47-46-30)19-16-43(7,8)58-20-17-42(5,6)45-39(54)28-11-9-27(10-12-28)35(15-18-44)62-26(3)4/h9-15,21,23,25-26,33-34,36-38,41,50-53H,16-17,19-20,22,24H2,1-8H3,(H,45,54)/b35-15+/t33?,34-,36+,37+,38-,41-/m1/s1. The zero-order chi connectivity index (χ0) is 45.9. The summed E-state index contributed by atoms with van der Waals surface area (Å²) in [6, 6.07) is 13.1. The van der Waals surface area contributed by atoms with Crippen molar-refractivity contribution in [1.29, 1.82) is 5.26 Å². The summed E-state index contributed by atoms with van der Waals surface area (Å²) < 4.78 is 24.6. The monoisotopic (exact) mass is 882 g/mol. The van der Waals surface area contributed by atoms with Crippen LogP contribution in [0, 0.1) is 27.4 Å². The van der Waals surface area contributed by atoms with E-state index in [1.165, 1.54) is 18.2 Å². The van der Waals surface area contributed by atoms with Crippen LogP contribution in [0.1, 0.15) is 102 Å². The quantitative estimate of drug-likeness (QED) is 0.0422. The van der Waals surface area contributed by atoms with Crippen molar-refractivity contribution in [1.82, 2.24) is 20.3 Å². The first-order chi connectivity index (χ1) is 29.1. The zero-order valence-corrected chi connectivity index (χ0v) is 37.1. The molecule has 338 valence electrons. The molecule has 1 aliphatic rings. The number of carbonyl (C=O) groups excluding carboxylic acids is 2. The van der Waals surface area contributed by atoms with Gasteiger partial charge in [0.15, 0.2) is 5.75 Å². The molecule has 1 fully saturated rings. The highest BCUT2D eigenvalue weighted by Crippen LogP contribution is 2.36. The molecule has 1 unspecified atom stereocenters. The van der Waals surface area contributed by atoms with Gasteiger partial charge in [0.05, 0.1) is 34.8 Å². The molecule has 4 rings (SSSR count). The second kappa shape index (κ2) is 21.9. The predicted octanol–water partition coefficient (Wildman–Crippen LogP) is 4.64. The number of nitriles is 1. The van der Waals surface area contributed by atoms with E-state index < -0.39 is 77.1 Å². The third-order valence-electron chi connectivity index (χ3n) is 9.96. The topological polar surface area (TPSA) is 262 Å². The zero-order valence-electron chi connectivity index (χ0n) is 36.3. The molecule has 19 heteroatoms. The van der Waals surface area contributed by atoms with Crippen LogP contribution < -0.4 is 10.1 Å². The number of allylic oxidation sites excluding steroid dienone is 1. The Morgan fingerprint density at radius 2 is 1.73 bits per heavy atom. The number of aliphatic hydroxyl groups is 4. The van der Waals surface area contributed by atoms with E-state index in [-0.39, 0.29) is 23.6 Å². The molecule has 18 nitrogen and oxygen atoms in total. The molecular formula is C43H58N6O12S. The number of nitrogens with zero attached hydrogens (tertiary/aromatic N) is 5. The summed E-state index contributed by atoms with van der Waals surface area (Å²) in [5.41, 5.74) is 0.329. The average Bonchev–Trinajstić information content (AvgIpc) is 3.66. The lowest BCUT2D eigenvalue weighted by atomic mass is 9.99. The van der Waals surface area contributed by atoms with Crippen LogP contribution >= 0.6 is 11.8 Å². The van der Waals surface area contributed by atoms with Gasteiger partial charge >= 0.3 is 11.7 Å². The Bertz CT molecular complexity index is 2060. The van der Waals surface area contributed by atoms with E-state index in [0.717, 1.165) is 16.5 Å². The number of esters is 1. The van der Waals surface area contributed by atoms with E-state index in [2.05, 4.69) is 35.5 Å². The Hall–Kier alpha value is -4.94. The summed E-state index contributed by atoms with van der Waals surface area (Å²) in [6.45, 7) is 15.2. The maximum atomic E-state index is 13.1. The lowest BCUT2D eigenvalue weighted by molar-refractivity contribution is -0.387. The Labute approximate surface area is 365 Å². The minimum Gasteiger partial charge on any atom is -0.457 e. The number of thioether (sulfide) groups is 1. The van der Waals surface area contributed by atoms with Crippen molar-refractivity contribution in [2.24, 2.45) is 5.92 Å². The molecule has 3 aromatic rings. The number of ether oxygens (including phenoxy) is 4. The van der Waals surface area contributed by atoms with Crippen LogP contribution in [-0.4, -0.2) is 113 Å². The molecule has 1 aromatic heterocycles. The molecule has 0 radical (unpaired) electrons. The largest absolute Gasteiger partial charge is 0.457 e. The Balaban J connectivity index is 1.36. The van der Waals surface area contributed by atoms with Gasteiger partial charge in [-0.2, -0.15) is 5.26 Å². The number of hydrogen-bond donors (Lipinski definition) is 5. The van der Waals surface area contributed by atoms with Crippen molar-refractivity contribution in [3.8, 4) is 11.8 Å². The van der Waals surface area contributed by atoms with E-state index >= 15 is 0 Å². The third-order valence-corrected chi connectivity index (χ3v) is 11.0. The highest BCUT2D eigenvalue weighted by atomic mass is 32.2. The molecule has 0 spiro atoms. The SMILES string of the molecule is CC(C)S/C(=C/C#N)c1ccc(C(=O)NC(C)(C)CCOC(C)(C)CCn2cc(CC(OC(=O)C(C)C)c3ccc(O[C@@H]4O[C@H](CO)[C@H](O)[C@H](O)[C@H]4O)c([N+](=O)[O-])c3)nn2)cc1. The number of nitro benzene ring substituents is 1. The smallest absolute Gasteiger partial charge is 0.311 e. The lowest BCUT2D eigenvalue weighted by Crippen LogP contribution is -2.60. The number of nitrogens with one attached hydrogen (secondary N) is 1. The fourth-order valence-electron chi connectivity index (χ4n) is 6.27. The Morgan fingerprint density at radius 1 is 1.05 bits per heavy atom. The molecule has 62 heavy (non-hydrogen) atoms. The Morgan fingerprint density at radius 3 is 2.34 bits per heavy atom. The summed E-state index contributed by atoms with van der Waals surface area (Å²) in [6.07, 6.45) is -4.88. The van der Waals surface area contributed by atoms with Crippen molar-refractivity contribution < 1.29 is 53.9 Å². The molecule has 1 amide bonds. The summed E-state index contributed by atoms with van der Waals surface area (Å²) in [5, 5.41) is 73.4. The lowest BCUT2D eigenvalue weighted by Gasteiger charge is -2.39. The molecule has 0 aliphatic carbocycles. The van der Waals surface area contributed by atoms with Crippen LogP contribution in [0.15, 0.2) is 54.7 Å². The molecule has 5 N–H and O–H groups in total. The van der Waals surface area contributed by atoms with Gasteiger partial charge in [0.2, 0.25) is 6.29 Å². The molecule has 2 heterocycles. The van der Waals surface area contributed by atoms with Gasteiger partial charge in [0.25, 0.3) is 5.91 Å². The van der Waals surface area contributed by atoms with Gasteiger partial charge in [-0.05, 0) is 69.9 Å². The van der Waals surface area contributed by atoms with Gasteiger partial charge in [0, 0.05) is 59.2 Å². The number of amides is 1. The average molecular weight is 883 g/mol. The maximum absolute atomic E-state index is 13.1. The van der Waals surface area contributed by atoms with Crippen LogP contribution in [0.2, 0.25) is 0 Å². The molecule has 2 aromatic carbocycles. The van der Waals surface area contributed by atoms with E-state index in [0.29, 0.717) is 42.5 Å². The number of hydrogen-bond acceptors (Lipinski definition) is 16. The minimum absolute atomic E-state index is 0.0177. The summed E-state index contributed by atoms with van der Waals surface area (Å²) in [5.74, 6) is -1.63. The van der Waals surface area contributed by atoms with Gasteiger partial charge < -0.3 is 44.7 Å². The molecule has 1 aliphatic heterocycles. The van der Waals surface area contributed by atoms with Crippen LogP contribution in [0.4, 0.5) is 5.69 Å². The number of aryl methyl sites for hydroxylation is 1. The first-order valence-electron chi connectivity index (χ1n) is 20.3. The predicted molar refractivity (Wildman–Crippen MR) is 228 cm³/mol. The first-order valence-corrected chi connectivity index (χ1v) is 21.2. The fraction of sp³-hybridized carbons (Fsp3) is 0.558. The Kier molecular flexibility index (Phi) is 17.6. The van der Waals surface area contributed by atoms with Gasteiger partial charge in [-0.1, -0.05) is 51.1 Å². The molecular weight excluding hydrogens is 825 g/mol. The molecule has 0 saturated carbocycles. The van der Waals surface area contributed by atoms with Crippen molar-refractivity contribution in [3.05, 3.63) is 87.2 Å². The minimum atomic E-state index is -1.79. The van der Waals surface area contributed by atoms with Crippen LogP contribution in [0.5, 0.6) is 5.75 Å². The van der Waals surface area contributed by atoms with E-state index in [1.807, 2.05) is 39.8 Å². The summed E-state index contributed by atoms with van der Waals surface area (Å²) in [4.78, 5) is 38.3. The second-order valence-electron chi connectivity index (χ2n) is 16.9. The molecule has 1 saturated heterocycles. The van der Waals surface area contributed by atoms with Crippen molar-refractivity contribution >= 4 is 34.2 Å². The fourth-order valence-corrected chi connectivity index (χ4v) is 7.17. The number of rotatable bonds is 21. The van der Waals surface area contributed by atoms with Crippen molar-refractivity contribution in [2.45, 2.75) is 134 Å². The van der Waals surface area contributed by atoms with E-state index in [9.17, 15) is 45.4 Å². The van der Waals surface area contributed by atoms with E-state index in [4.69, 9.17) is 18.9 Å². The summed E-state index contributed by atoms with van der Waals surface area (Å²) in [7, 11) is 0. The number of aromatic nitrogens is 3. The van der Waals surface area contributed by atoms with Crippen LogP contribution in [0.25, 0.3) is 4.91 Å². The first kappa shape index (κ1) is 49.7. The number of aliphatic hydroxyl groups excluding tert-OH is 4. The van der Waals surface area contributed by atoms with Crippen molar-refractivity contribution in [2.75, 3.05) is 13.2 Å². The van der Waals surface area contributed by atoms with Crippen molar-refractivity contribution in [3.63, 3.8) is 0 Å². The third kappa shape index (κ3) is 14.0.